The first-order valence-corrected chi connectivity index (χ1v) is 9.17. The van der Waals surface area contributed by atoms with Crippen LogP contribution in [0.2, 0.25) is 0 Å². The quantitative estimate of drug-likeness (QED) is 0.543. The number of fused-ring (bicyclic) bond motifs is 1. The summed E-state index contributed by atoms with van der Waals surface area (Å²) in [6, 6.07) is 3.72. The summed E-state index contributed by atoms with van der Waals surface area (Å²) in [5.74, 6) is -4.47. The number of rotatable bonds is 5. The van der Waals surface area contributed by atoms with Crippen LogP contribution in [0.5, 0.6) is 0 Å². The van der Waals surface area contributed by atoms with Gasteiger partial charge in [0.1, 0.15) is 22.9 Å². The zero-order valence-corrected chi connectivity index (χ0v) is 16.0. The number of hydrogen-bond donors (Lipinski definition) is 3. The van der Waals surface area contributed by atoms with Crippen molar-refractivity contribution in [1.29, 1.82) is 0 Å². The van der Waals surface area contributed by atoms with Gasteiger partial charge in [0.2, 0.25) is 5.43 Å². The molecule has 31 heavy (non-hydrogen) atoms. The van der Waals surface area contributed by atoms with Crippen LogP contribution < -0.4 is 16.1 Å². The highest BCUT2D eigenvalue weighted by atomic mass is 19.1. The predicted octanol–water partition coefficient (Wildman–Crippen LogP) is 0.693. The van der Waals surface area contributed by atoms with E-state index in [1.165, 1.54) is 12.1 Å². The van der Waals surface area contributed by atoms with Crippen molar-refractivity contribution in [3.63, 3.8) is 0 Å². The van der Waals surface area contributed by atoms with E-state index in [9.17, 15) is 33.0 Å². The molecule has 8 nitrogen and oxygen atoms in total. The van der Waals surface area contributed by atoms with Gasteiger partial charge < -0.3 is 20.8 Å². The molecule has 0 aliphatic carbocycles. The number of nitrogens with two attached hydrogens (primary N) is 1. The summed E-state index contributed by atoms with van der Waals surface area (Å²) in [6.07, 6.45) is 0.866. The maximum absolute atomic E-state index is 14.5. The van der Waals surface area contributed by atoms with E-state index < -0.39 is 45.5 Å². The Balaban J connectivity index is 1.95. The lowest BCUT2D eigenvalue weighted by Crippen LogP contribution is -2.60. The van der Waals surface area contributed by atoms with E-state index in [1.54, 1.807) is 4.90 Å². The summed E-state index contributed by atoms with van der Waals surface area (Å²) in [4.78, 5) is 30.4. The molecule has 4 rings (SSSR count). The Hall–Kier alpha value is -3.44. The number of primary amides is 1. The highest BCUT2D eigenvalue weighted by Gasteiger charge is 2.42. The first kappa shape index (κ1) is 20.8. The molecule has 0 spiro atoms. The number of benzene rings is 1. The summed E-state index contributed by atoms with van der Waals surface area (Å²) in [5.41, 5.74) is 2.33. The molecule has 4 N–H and O–H groups in total. The van der Waals surface area contributed by atoms with Gasteiger partial charge in [-0.2, -0.15) is 0 Å². The minimum absolute atomic E-state index is 0.126. The van der Waals surface area contributed by atoms with Crippen molar-refractivity contribution in [3.05, 3.63) is 63.7 Å². The summed E-state index contributed by atoms with van der Waals surface area (Å²) >= 11 is 0. The van der Waals surface area contributed by atoms with E-state index in [0.29, 0.717) is 18.0 Å². The maximum Gasteiger partial charge on any atom is 0.254 e. The van der Waals surface area contributed by atoms with Gasteiger partial charge in [-0.05, 0) is 12.1 Å². The number of anilines is 1. The molecule has 2 aromatic heterocycles. The number of aliphatic hydroxyl groups is 2. The Labute approximate surface area is 173 Å². The highest BCUT2D eigenvalue weighted by Crippen LogP contribution is 2.34. The molecule has 0 radical (unpaired) electrons. The number of halogens is 3. The largest absolute Gasteiger partial charge is 0.396 e. The number of pyridine rings is 2. The zero-order chi connectivity index (χ0) is 22.5. The van der Waals surface area contributed by atoms with Crippen LogP contribution in [-0.2, 0) is 0 Å². The molecule has 11 heteroatoms. The van der Waals surface area contributed by atoms with Crippen LogP contribution in [0.4, 0.5) is 19.0 Å². The molecule has 1 saturated heterocycles. The normalized spacial score (nSPS) is 15.2. The van der Waals surface area contributed by atoms with Crippen LogP contribution in [0.15, 0.2) is 35.3 Å². The fourth-order valence-electron chi connectivity index (χ4n) is 3.66. The van der Waals surface area contributed by atoms with Crippen LogP contribution in [0, 0.1) is 22.9 Å². The lowest BCUT2D eigenvalue weighted by atomic mass is 9.81. The summed E-state index contributed by atoms with van der Waals surface area (Å²) in [7, 11) is 0. The van der Waals surface area contributed by atoms with E-state index in [0.717, 1.165) is 10.8 Å². The third-order valence-corrected chi connectivity index (χ3v) is 5.37. The monoisotopic (exact) mass is 434 g/mol. The van der Waals surface area contributed by atoms with Crippen molar-refractivity contribution in [2.24, 2.45) is 11.1 Å². The van der Waals surface area contributed by atoms with Crippen molar-refractivity contribution < 1.29 is 28.2 Å². The predicted molar refractivity (Wildman–Crippen MR) is 105 cm³/mol. The molecule has 0 unspecified atom stereocenters. The summed E-state index contributed by atoms with van der Waals surface area (Å²) < 4.78 is 43.2. The smallest absolute Gasteiger partial charge is 0.254 e. The van der Waals surface area contributed by atoms with Crippen molar-refractivity contribution in [1.82, 2.24) is 9.55 Å². The second kappa shape index (κ2) is 7.36. The van der Waals surface area contributed by atoms with Gasteiger partial charge >= 0.3 is 0 Å². The Morgan fingerprint density at radius 3 is 2.29 bits per heavy atom. The molecule has 1 amide bonds. The molecule has 0 saturated carbocycles. The van der Waals surface area contributed by atoms with Gasteiger partial charge in [-0.1, -0.05) is 0 Å². The molecule has 1 aliphatic rings. The lowest BCUT2D eigenvalue weighted by molar-refractivity contribution is 0.0302. The second-order valence-corrected chi connectivity index (χ2v) is 7.54. The molecular weight excluding hydrogens is 417 g/mol. The van der Waals surface area contributed by atoms with E-state index in [-0.39, 0.29) is 37.3 Å². The molecule has 162 valence electrons. The van der Waals surface area contributed by atoms with Crippen molar-refractivity contribution >= 4 is 22.8 Å². The Morgan fingerprint density at radius 1 is 1.13 bits per heavy atom. The summed E-state index contributed by atoms with van der Waals surface area (Å²) in [5, 5.41) is 18.8. The van der Waals surface area contributed by atoms with E-state index >= 15 is 0 Å². The second-order valence-electron chi connectivity index (χ2n) is 7.54. The average Bonchev–Trinajstić information content (AvgIpc) is 2.68. The van der Waals surface area contributed by atoms with Gasteiger partial charge in [0.05, 0.1) is 24.0 Å². The van der Waals surface area contributed by atoms with Gasteiger partial charge in [-0.3, -0.25) is 14.2 Å². The van der Waals surface area contributed by atoms with Gasteiger partial charge in [0.15, 0.2) is 17.3 Å². The van der Waals surface area contributed by atoms with Gasteiger partial charge in [0.25, 0.3) is 5.91 Å². The van der Waals surface area contributed by atoms with Gasteiger partial charge in [-0.25, -0.2) is 18.2 Å². The zero-order valence-electron chi connectivity index (χ0n) is 16.0. The van der Waals surface area contributed by atoms with E-state index in [4.69, 9.17) is 5.73 Å². The topological polar surface area (TPSA) is 122 Å². The number of amides is 1. The fraction of sp³-hybridized carbons (Fsp3) is 0.250. The average molecular weight is 434 g/mol. The fourth-order valence-corrected chi connectivity index (χ4v) is 3.66. The molecule has 1 aliphatic heterocycles. The van der Waals surface area contributed by atoms with Gasteiger partial charge in [0, 0.05) is 31.4 Å². The van der Waals surface area contributed by atoms with Crippen molar-refractivity contribution in [2.75, 3.05) is 31.2 Å². The Bertz CT molecular complexity index is 1240. The molecule has 3 heterocycles. The van der Waals surface area contributed by atoms with Crippen LogP contribution in [0.1, 0.15) is 10.4 Å². The van der Waals surface area contributed by atoms with Gasteiger partial charge in [-0.15, -0.1) is 0 Å². The minimum Gasteiger partial charge on any atom is -0.396 e. The van der Waals surface area contributed by atoms with Crippen molar-refractivity contribution in [2.45, 2.75) is 0 Å². The maximum atomic E-state index is 14.5. The third-order valence-electron chi connectivity index (χ3n) is 5.37. The van der Waals surface area contributed by atoms with E-state index in [2.05, 4.69) is 4.98 Å². The third kappa shape index (κ3) is 3.31. The SMILES string of the molecule is NC(=O)c1cn(-c2c(F)cc(F)cc2F)c2nc(N3CC(CO)(CO)C3)ccc2c1=O. The number of hydrogen-bond acceptors (Lipinski definition) is 6. The molecular formula is C20H17F3N4O4. The van der Waals surface area contributed by atoms with Crippen LogP contribution in [-0.4, -0.2) is 52.0 Å². The lowest BCUT2D eigenvalue weighted by Gasteiger charge is -2.48. The number of carbonyl (C=O) groups is 1. The standard InChI is InChI=1S/C20H17F3N4O4/c21-10-3-13(22)16(14(23)4-10)27-5-12(18(24)31)17(30)11-1-2-15(25-19(11)27)26-6-20(7-26,8-28)9-29/h1-5,28-29H,6-9H2,(H2,24,31). The number of aliphatic hydroxyl groups excluding tert-OH is 2. The highest BCUT2D eigenvalue weighted by molar-refractivity contribution is 5.96. The molecule has 1 fully saturated rings. The number of aromatic nitrogens is 2. The van der Waals surface area contributed by atoms with Crippen LogP contribution in [0.25, 0.3) is 16.7 Å². The van der Waals surface area contributed by atoms with Crippen molar-refractivity contribution in [3.8, 4) is 5.69 Å². The van der Waals surface area contributed by atoms with E-state index in [1.807, 2.05) is 0 Å². The molecule has 1 aromatic carbocycles. The van der Waals surface area contributed by atoms with Crippen LogP contribution in [0.3, 0.4) is 0 Å². The van der Waals surface area contributed by atoms with Crippen LogP contribution >= 0.6 is 0 Å². The molecule has 0 bridgehead atoms. The summed E-state index contributed by atoms with van der Waals surface area (Å²) in [6.45, 7) is 0.0429. The Kier molecular flexibility index (Phi) is 4.94. The molecule has 0 atom stereocenters. The Morgan fingerprint density at radius 2 is 1.74 bits per heavy atom. The first-order chi connectivity index (χ1) is 14.7. The number of nitrogens with zero attached hydrogens (tertiary/aromatic N) is 3. The minimum atomic E-state index is -1.27. The first-order valence-electron chi connectivity index (χ1n) is 9.17. The number of carbonyl (C=O) groups excluding carboxylic acids is 1. The molecule has 3 aromatic rings.